The van der Waals surface area contributed by atoms with Gasteiger partial charge in [-0.3, -0.25) is 0 Å². The zero-order chi connectivity index (χ0) is 11.8. The number of nitrogens with one attached hydrogen (secondary N) is 1. The van der Waals surface area contributed by atoms with E-state index in [4.69, 9.17) is 9.52 Å². The van der Waals surface area contributed by atoms with E-state index in [0.717, 1.165) is 24.6 Å². The van der Waals surface area contributed by atoms with Gasteiger partial charge in [0.1, 0.15) is 0 Å². The molecule has 16 heavy (non-hydrogen) atoms. The maximum atomic E-state index is 8.04. The van der Waals surface area contributed by atoms with Crippen molar-refractivity contribution in [3.8, 4) is 0 Å². The molecule has 3 heteroatoms. The van der Waals surface area contributed by atoms with Crippen LogP contribution in [0.15, 0.2) is 35.2 Å². The van der Waals surface area contributed by atoms with Crippen LogP contribution >= 0.6 is 0 Å². The van der Waals surface area contributed by atoms with Crippen molar-refractivity contribution in [1.82, 2.24) is 5.32 Å². The van der Waals surface area contributed by atoms with E-state index in [2.05, 4.69) is 18.0 Å². The number of furan rings is 1. The lowest BCUT2D eigenvalue weighted by molar-refractivity contribution is 0.332. The van der Waals surface area contributed by atoms with Gasteiger partial charge in [-0.05, 0) is 50.4 Å². The van der Waals surface area contributed by atoms with Gasteiger partial charge in [0.05, 0.1) is 19.1 Å². The van der Waals surface area contributed by atoms with Crippen molar-refractivity contribution in [2.75, 3.05) is 19.7 Å². The van der Waals surface area contributed by atoms with E-state index < -0.39 is 0 Å². The van der Waals surface area contributed by atoms with Crippen molar-refractivity contribution >= 4 is 0 Å². The molecule has 0 saturated carbocycles. The molecule has 0 unspecified atom stereocenters. The maximum absolute atomic E-state index is 8.04. The minimum Gasteiger partial charge on any atom is -0.472 e. The van der Waals surface area contributed by atoms with Gasteiger partial charge >= 0.3 is 0 Å². The first-order valence-electron chi connectivity index (χ1n) is 5.72. The molecule has 3 nitrogen and oxygen atoms in total. The summed E-state index contributed by atoms with van der Waals surface area (Å²) in [5.74, 6) is 0.731. The van der Waals surface area contributed by atoms with Crippen LogP contribution in [-0.4, -0.2) is 24.8 Å². The lowest BCUT2D eigenvalue weighted by atomic mass is 9.92. The van der Waals surface area contributed by atoms with E-state index >= 15 is 0 Å². The molecule has 0 aliphatic carbocycles. The molecule has 1 fully saturated rings. The summed E-state index contributed by atoms with van der Waals surface area (Å²) in [5.41, 5.74) is 2.18. The summed E-state index contributed by atoms with van der Waals surface area (Å²) >= 11 is 0. The fraction of sp³-hybridized carbons (Fsp3) is 0.538. The Labute approximate surface area is 97.2 Å². The van der Waals surface area contributed by atoms with Crippen LogP contribution in [0, 0.1) is 0 Å². The Balaban J connectivity index is 0.000000221. The molecular weight excluding hydrogens is 202 g/mol. The third-order valence-corrected chi connectivity index (χ3v) is 2.62. The second-order valence-electron chi connectivity index (χ2n) is 4.20. The van der Waals surface area contributed by atoms with E-state index in [-0.39, 0.29) is 6.61 Å². The smallest absolute Gasteiger partial charge is 0.0937 e. The summed E-state index contributed by atoms with van der Waals surface area (Å²) in [5, 5.41) is 11.4. The molecule has 1 aliphatic heterocycles. The molecular formula is C13H21NO2. The summed E-state index contributed by atoms with van der Waals surface area (Å²) in [6.45, 7) is 7.61. The third-order valence-electron chi connectivity index (χ3n) is 2.62. The zero-order valence-electron chi connectivity index (χ0n) is 9.91. The molecule has 0 radical (unpaired) electrons. The van der Waals surface area contributed by atoms with Gasteiger partial charge in [0.25, 0.3) is 0 Å². The van der Waals surface area contributed by atoms with Crippen molar-refractivity contribution in [1.29, 1.82) is 0 Å². The lowest BCUT2D eigenvalue weighted by Gasteiger charge is -2.20. The van der Waals surface area contributed by atoms with Crippen molar-refractivity contribution in [2.45, 2.75) is 25.7 Å². The molecule has 0 amide bonds. The minimum absolute atomic E-state index is 0.111. The molecule has 1 aromatic rings. The maximum Gasteiger partial charge on any atom is 0.0937 e. The van der Waals surface area contributed by atoms with Crippen molar-refractivity contribution in [3.63, 3.8) is 0 Å². The topological polar surface area (TPSA) is 45.4 Å². The standard InChI is InChI=1S/C9H13NO.C4H8O/c1-4-10-5-2-8(1)9-3-6-11-7-9;1-4(2)3-5/h3,6-8,10H,1-2,4-5H2;5H,1,3H2,2H3. The van der Waals surface area contributed by atoms with E-state index in [1.54, 1.807) is 13.2 Å². The van der Waals surface area contributed by atoms with E-state index in [1.165, 1.54) is 18.4 Å². The monoisotopic (exact) mass is 223 g/mol. The van der Waals surface area contributed by atoms with Crippen LogP contribution in [0.2, 0.25) is 0 Å². The van der Waals surface area contributed by atoms with E-state index in [0.29, 0.717) is 0 Å². The van der Waals surface area contributed by atoms with Gasteiger partial charge in [-0.15, -0.1) is 0 Å². The van der Waals surface area contributed by atoms with Gasteiger partial charge in [0.2, 0.25) is 0 Å². The molecule has 0 bridgehead atoms. The number of piperidine rings is 1. The molecule has 90 valence electrons. The van der Waals surface area contributed by atoms with Crippen LogP contribution in [0.3, 0.4) is 0 Å². The number of aliphatic hydroxyl groups is 1. The normalized spacial score (nSPS) is 16.4. The zero-order valence-corrected chi connectivity index (χ0v) is 9.91. The van der Waals surface area contributed by atoms with Gasteiger partial charge < -0.3 is 14.8 Å². The SMILES string of the molecule is C=C(C)CO.c1cc(C2CCNCC2)co1. The van der Waals surface area contributed by atoms with Crippen LogP contribution in [0.4, 0.5) is 0 Å². The Kier molecular flexibility index (Phi) is 5.90. The van der Waals surface area contributed by atoms with E-state index in [9.17, 15) is 0 Å². The average molecular weight is 223 g/mol. The second kappa shape index (κ2) is 7.25. The number of hydrogen-bond donors (Lipinski definition) is 2. The highest BCUT2D eigenvalue weighted by molar-refractivity contribution is 5.13. The lowest BCUT2D eigenvalue weighted by Crippen LogP contribution is -2.26. The molecule has 2 N–H and O–H groups in total. The van der Waals surface area contributed by atoms with Crippen molar-refractivity contribution < 1.29 is 9.52 Å². The fourth-order valence-corrected chi connectivity index (χ4v) is 1.66. The average Bonchev–Trinajstić information content (AvgIpc) is 2.84. The number of rotatable bonds is 2. The molecule has 0 spiro atoms. The van der Waals surface area contributed by atoms with Gasteiger partial charge in [-0.25, -0.2) is 0 Å². The van der Waals surface area contributed by atoms with Crippen LogP contribution in [-0.2, 0) is 0 Å². The first-order valence-corrected chi connectivity index (χ1v) is 5.72. The Morgan fingerprint density at radius 1 is 1.56 bits per heavy atom. The largest absolute Gasteiger partial charge is 0.472 e. The molecule has 0 aromatic carbocycles. The highest BCUT2D eigenvalue weighted by Crippen LogP contribution is 2.24. The predicted octanol–water partition coefficient (Wildman–Crippen LogP) is 2.30. The first-order chi connectivity index (χ1) is 7.74. The summed E-state index contributed by atoms with van der Waals surface area (Å²) in [7, 11) is 0. The van der Waals surface area contributed by atoms with E-state index in [1.807, 2.05) is 6.26 Å². The van der Waals surface area contributed by atoms with Crippen LogP contribution in [0.25, 0.3) is 0 Å². The fourth-order valence-electron chi connectivity index (χ4n) is 1.66. The molecule has 1 aromatic heterocycles. The quantitative estimate of drug-likeness (QED) is 0.756. The predicted molar refractivity (Wildman–Crippen MR) is 65.5 cm³/mol. The molecule has 0 atom stereocenters. The Morgan fingerprint density at radius 3 is 2.62 bits per heavy atom. The summed E-state index contributed by atoms with van der Waals surface area (Å²) in [6, 6.07) is 2.08. The minimum atomic E-state index is 0.111. The van der Waals surface area contributed by atoms with Gasteiger partial charge in [0, 0.05) is 0 Å². The first kappa shape index (κ1) is 13.0. The highest BCUT2D eigenvalue weighted by Gasteiger charge is 2.15. The highest BCUT2D eigenvalue weighted by atomic mass is 16.3. The molecule has 1 aliphatic rings. The van der Waals surface area contributed by atoms with Gasteiger partial charge in [-0.1, -0.05) is 12.2 Å². The Morgan fingerprint density at radius 2 is 2.19 bits per heavy atom. The Hall–Kier alpha value is -1.06. The number of aliphatic hydroxyl groups excluding tert-OH is 1. The molecule has 2 heterocycles. The number of hydrogen-bond acceptors (Lipinski definition) is 3. The molecule has 1 saturated heterocycles. The van der Waals surface area contributed by atoms with Crippen molar-refractivity contribution in [2.24, 2.45) is 0 Å². The molecule has 2 rings (SSSR count). The van der Waals surface area contributed by atoms with Crippen LogP contribution in [0.1, 0.15) is 31.2 Å². The van der Waals surface area contributed by atoms with Crippen LogP contribution < -0.4 is 5.32 Å². The van der Waals surface area contributed by atoms with Gasteiger partial charge in [-0.2, -0.15) is 0 Å². The second-order valence-corrected chi connectivity index (χ2v) is 4.20. The summed E-state index contributed by atoms with van der Waals surface area (Å²) in [6.07, 6.45) is 6.13. The summed E-state index contributed by atoms with van der Waals surface area (Å²) < 4.78 is 5.05. The Bertz CT molecular complexity index is 287. The third kappa shape index (κ3) is 4.64. The summed E-state index contributed by atoms with van der Waals surface area (Å²) in [4.78, 5) is 0. The van der Waals surface area contributed by atoms with Crippen LogP contribution in [0.5, 0.6) is 0 Å². The van der Waals surface area contributed by atoms with Crippen molar-refractivity contribution in [3.05, 3.63) is 36.3 Å². The van der Waals surface area contributed by atoms with Gasteiger partial charge in [0.15, 0.2) is 0 Å².